The molecule has 0 aliphatic heterocycles. The van der Waals surface area contributed by atoms with Crippen molar-refractivity contribution in [3.63, 3.8) is 0 Å². The summed E-state index contributed by atoms with van der Waals surface area (Å²) in [5.41, 5.74) is 5.92. The van der Waals surface area contributed by atoms with Gasteiger partial charge in [0.1, 0.15) is 0 Å². The van der Waals surface area contributed by atoms with Gasteiger partial charge in [-0.3, -0.25) is 9.11 Å². The second kappa shape index (κ2) is 17.2. The maximum Gasteiger partial charge on any atom is 0.394 e. The van der Waals surface area contributed by atoms with E-state index in [9.17, 15) is 0 Å². The Bertz CT molecular complexity index is 291. The third-order valence-electron chi connectivity index (χ3n) is 3.45. The van der Waals surface area contributed by atoms with Gasteiger partial charge in [-0.05, 0) is 0 Å². The Morgan fingerprint density at radius 3 is 1.57 bits per heavy atom. The van der Waals surface area contributed by atoms with E-state index < -0.39 is 10.4 Å². The van der Waals surface area contributed by atoms with Crippen molar-refractivity contribution in [2.45, 2.75) is 87.3 Å². The van der Waals surface area contributed by atoms with Crippen LogP contribution in [-0.2, 0) is 10.4 Å². The van der Waals surface area contributed by atoms with Gasteiger partial charge in [-0.1, -0.05) is 13.3 Å². The molecule has 0 saturated carbocycles. The molecular formula is C14H32NNaO4S. The molecule has 1 unspecified atom stereocenters. The summed E-state index contributed by atoms with van der Waals surface area (Å²) >= 11 is 1.27. The van der Waals surface area contributed by atoms with Crippen LogP contribution < -0.4 is 5.73 Å². The van der Waals surface area contributed by atoms with Gasteiger partial charge in [-0.2, -0.15) is 8.42 Å². The molecule has 0 aromatic carbocycles. The van der Waals surface area contributed by atoms with Crippen molar-refractivity contribution in [2.75, 3.05) is 0 Å². The summed E-state index contributed by atoms with van der Waals surface area (Å²) in [4.78, 5) is 0. The average Bonchev–Trinajstić information content (AvgIpc) is 2.38. The van der Waals surface area contributed by atoms with E-state index in [1.807, 2.05) is 0 Å². The summed E-state index contributed by atoms with van der Waals surface area (Å²) in [5, 5.41) is 0. The van der Waals surface area contributed by atoms with Crippen LogP contribution in [0.2, 0.25) is 3.67 Å². The van der Waals surface area contributed by atoms with Gasteiger partial charge < -0.3 is 0 Å². The first-order chi connectivity index (χ1) is 9.81. The molecule has 0 saturated heterocycles. The van der Waals surface area contributed by atoms with E-state index in [2.05, 4.69) is 6.92 Å². The SMILES string of the molecule is CCCCCCCCCCCCC(N)[CH2][Na].O=S(=O)(O)O. The summed E-state index contributed by atoms with van der Waals surface area (Å²) in [6.45, 7) is 2.28. The molecule has 0 radical (unpaired) electrons. The molecule has 5 nitrogen and oxygen atoms in total. The zero-order valence-corrected chi connectivity index (χ0v) is 16.6. The van der Waals surface area contributed by atoms with Gasteiger partial charge in [0.05, 0.1) is 0 Å². The molecule has 4 N–H and O–H groups in total. The topological polar surface area (TPSA) is 101 Å². The van der Waals surface area contributed by atoms with Gasteiger partial charge in [0, 0.05) is 0 Å². The number of hydrogen-bond acceptors (Lipinski definition) is 3. The average molecular weight is 333 g/mol. The van der Waals surface area contributed by atoms with Crippen molar-refractivity contribution in [1.82, 2.24) is 0 Å². The number of nitrogens with two attached hydrogens (primary N) is 1. The predicted molar refractivity (Wildman–Crippen MR) is 89.2 cm³/mol. The Balaban J connectivity index is 0. The van der Waals surface area contributed by atoms with Crippen LogP contribution in [0, 0.1) is 0 Å². The summed E-state index contributed by atoms with van der Waals surface area (Å²) in [6, 6.07) is 0.515. The molecule has 1 atom stereocenters. The molecular weight excluding hydrogens is 301 g/mol. The fourth-order valence-electron chi connectivity index (χ4n) is 2.10. The summed E-state index contributed by atoms with van der Waals surface area (Å²) in [7, 11) is -4.67. The van der Waals surface area contributed by atoms with E-state index in [1.54, 1.807) is 0 Å². The molecule has 0 heterocycles. The van der Waals surface area contributed by atoms with Crippen LogP contribution in [0.4, 0.5) is 0 Å². The van der Waals surface area contributed by atoms with Crippen molar-refractivity contribution in [1.29, 1.82) is 0 Å². The summed E-state index contributed by atoms with van der Waals surface area (Å²) in [5.74, 6) is 0. The molecule has 0 aliphatic rings. The van der Waals surface area contributed by atoms with Gasteiger partial charge in [-0.15, -0.1) is 0 Å². The summed E-state index contributed by atoms with van der Waals surface area (Å²) in [6.07, 6.45) is 15.5. The Hall–Kier alpha value is 0.830. The minimum atomic E-state index is -4.67. The molecule has 21 heavy (non-hydrogen) atoms. The van der Waals surface area contributed by atoms with E-state index in [0.29, 0.717) is 6.04 Å². The van der Waals surface area contributed by atoms with E-state index in [1.165, 1.54) is 102 Å². The van der Waals surface area contributed by atoms with Crippen LogP contribution in [0.15, 0.2) is 0 Å². The minimum Gasteiger partial charge on any atom is -0.264 e. The minimum absolute atomic E-state index is 0.515. The van der Waals surface area contributed by atoms with Crippen LogP contribution >= 0.6 is 0 Å². The zero-order valence-electron chi connectivity index (χ0n) is 13.8. The molecule has 7 heteroatoms. The second-order valence-corrected chi connectivity index (χ2v) is 7.30. The first-order valence-corrected chi connectivity index (χ1v) is 11.1. The fourth-order valence-corrected chi connectivity index (χ4v) is 2.51. The van der Waals surface area contributed by atoms with Crippen molar-refractivity contribution in [3.05, 3.63) is 0 Å². The number of rotatable bonds is 12. The van der Waals surface area contributed by atoms with Crippen LogP contribution in [0.5, 0.6) is 0 Å². The van der Waals surface area contributed by atoms with Crippen LogP contribution in [0.1, 0.15) is 77.6 Å². The van der Waals surface area contributed by atoms with Crippen LogP contribution in [-0.4, -0.2) is 51.5 Å². The third-order valence-corrected chi connectivity index (χ3v) is 4.50. The molecule has 0 aliphatic carbocycles. The monoisotopic (exact) mass is 333 g/mol. The molecule has 124 valence electrons. The fraction of sp³-hybridized carbons (Fsp3) is 1.00. The Labute approximate surface area is 148 Å². The Morgan fingerprint density at radius 1 is 0.905 bits per heavy atom. The van der Waals surface area contributed by atoms with Gasteiger partial charge >= 0.3 is 118 Å². The van der Waals surface area contributed by atoms with E-state index in [0.717, 1.165) is 0 Å². The quantitative estimate of drug-likeness (QED) is 0.288. The van der Waals surface area contributed by atoms with Gasteiger partial charge in [0.15, 0.2) is 0 Å². The molecule has 0 amide bonds. The molecule has 0 rings (SSSR count). The Kier molecular flexibility index (Phi) is 19.7. The standard InChI is InChI=1S/C14H30N.Na.H2O4S/c1-3-4-5-6-7-8-9-10-11-12-13-14(2)15;;1-5(2,3)4/h14H,2-13,15H2,1H3;;(H2,1,2,3,4). The Morgan fingerprint density at radius 2 is 1.24 bits per heavy atom. The van der Waals surface area contributed by atoms with E-state index >= 15 is 0 Å². The molecule has 0 fully saturated rings. The molecule has 0 aromatic heterocycles. The molecule has 0 aromatic rings. The smallest absolute Gasteiger partial charge is 0.264 e. The largest absolute Gasteiger partial charge is 0.394 e. The van der Waals surface area contributed by atoms with Gasteiger partial charge in [0.25, 0.3) is 0 Å². The molecule has 0 spiro atoms. The van der Waals surface area contributed by atoms with Crippen LogP contribution in [0.3, 0.4) is 0 Å². The second-order valence-electron chi connectivity index (χ2n) is 5.59. The number of unbranched alkanes of at least 4 members (excludes halogenated alkanes) is 9. The predicted octanol–water partition coefficient (Wildman–Crippen LogP) is 3.56. The first-order valence-electron chi connectivity index (χ1n) is 8.26. The third kappa shape index (κ3) is 33.6. The maximum atomic E-state index is 8.74. The maximum absolute atomic E-state index is 8.74. The van der Waals surface area contributed by atoms with Crippen LogP contribution in [0.25, 0.3) is 0 Å². The molecule has 0 bridgehead atoms. The van der Waals surface area contributed by atoms with Crippen molar-refractivity contribution >= 4 is 38.3 Å². The van der Waals surface area contributed by atoms with Crippen molar-refractivity contribution in [2.24, 2.45) is 5.73 Å². The normalized spacial score (nSPS) is 12.7. The van der Waals surface area contributed by atoms with E-state index in [-0.39, 0.29) is 0 Å². The van der Waals surface area contributed by atoms with E-state index in [4.69, 9.17) is 23.3 Å². The first kappa shape index (κ1) is 24.1. The van der Waals surface area contributed by atoms with Gasteiger partial charge in [-0.25, -0.2) is 0 Å². The number of hydrogen-bond donors (Lipinski definition) is 3. The zero-order chi connectivity index (χ0) is 16.6. The van der Waals surface area contributed by atoms with Gasteiger partial charge in [0.2, 0.25) is 0 Å². The van der Waals surface area contributed by atoms with Crippen molar-refractivity contribution < 1.29 is 17.5 Å². The van der Waals surface area contributed by atoms with Crippen molar-refractivity contribution in [3.8, 4) is 0 Å². The summed E-state index contributed by atoms with van der Waals surface area (Å²) < 4.78 is 32.9.